The summed E-state index contributed by atoms with van der Waals surface area (Å²) in [7, 11) is 0. The number of amides is 1. The molecule has 2 aliphatic heterocycles. The van der Waals surface area contributed by atoms with Crippen molar-refractivity contribution >= 4 is 5.91 Å². The van der Waals surface area contributed by atoms with Crippen molar-refractivity contribution in [3.63, 3.8) is 0 Å². The zero-order chi connectivity index (χ0) is 54.6. The summed E-state index contributed by atoms with van der Waals surface area (Å²) in [4.78, 5) is 13.2. The summed E-state index contributed by atoms with van der Waals surface area (Å²) in [5.41, 5.74) is 0. The van der Waals surface area contributed by atoms with Crippen LogP contribution in [0.1, 0.15) is 264 Å². The standard InChI is InChI=1S/C61H115NO13/c1-3-5-7-9-11-13-14-15-16-17-18-19-20-21-22-23-24-25-26-27-28-29-30-31-32-33-34-35-36-37-39-41-43-45-53(66)62-49(50(65)44-42-40-38-12-10-8-6-4-2)48-72-60-58(71)56(69)59(52(47-64)74-60)75-61-57(70)55(68)54(67)51(46-63)73-61/h10,12,42,44,49-52,54-61,63-65,67-71H,3-9,11,13-41,43,45-48H2,1-2H3,(H,62,66)/b12-10+,44-42+. The smallest absolute Gasteiger partial charge is 0.220 e. The van der Waals surface area contributed by atoms with Crippen LogP contribution in [0.15, 0.2) is 24.3 Å². The van der Waals surface area contributed by atoms with Crippen LogP contribution in [-0.4, -0.2) is 140 Å². The zero-order valence-corrected chi connectivity index (χ0v) is 47.6. The van der Waals surface area contributed by atoms with Crippen LogP contribution >= 0.6 is 0 Å². The third-order valence-corrected chi connectivity index (χ3v) is 15.4. The highest BCUT2D eigenvalue weighted by molar-refractivity contribution is 5.76. The van der Waals surface area contributed by atoms with Gasteiger partial charge in [0.15, 0.2) is 12.6 Å². The highest BCUT2D eigenvalue weighted by Crippen LogP contribution is 2.30. The first-order valence-electron chi connectivity index (χ1n) is 31.1. The van der Waals surface area contributed by atoms with Crippen molar-refractivity contribution in [1.82, 2.24) is 5.32 Å². The summed E-state index contributed by atoms with van der Waals surface area (Å²) in [6.07, 6.45) is 40.1. The molecule has 14 nitrogen and oxygen atoms in total. The quantitative estimate of drug-likeness (QED) is 0.0204. The number of unbranched alkanes of at least 4 members (excludes halogenated alkanes) is 35. The van der Waals surface area contributed by atoms with Gasteiger partial charge in [0.25, 0.3) is 0 Å². The summed E-state index contributed by atoms with van der Waals surface area (Å²) in [5.74, 6) is -0.248. The van der Waals surface area contributed by atoms with Gasteiger partial charge >= 0.3 is 0 Å². The van der Waals surface area contributed by atoms with Gasteiger partial charge in [-0.25, -0.2) is 0 Å². The monoisotopic (exact) mass is 1070 g/mol. The Balaban J connectivity index is 1.56. The largest absolute Gasteiger partial charge is 0.394 e. The third-order valence-electron chi connectivity index (χ3n) is 15.4. The molecule has 2 rings (SSSR count). The SMILES string of the molecule is CCCC/C=C/CC/C=C/C(O)C(COC1OC(CO)C(OC2OC(CO)C(O)C(O)C2O)C(O)C1O)NC(=O)CCCCCCCCCCCCCCCCCCCCCCCCCCCCCCCCCCC. The predicted octanol–water partition coefficient (Wildman–Crippen LogP) is 10.8. The first kappa shape index (κ1) is 69.6. The van der Waals surface area contributed by atoms with Gasteiger partial charge in [0.1, 0.15) is 48.8 Å². The number of aliphatic hydroxyl groups excluding tert-OH is 8. The molecule has 0 aromatic rings. The summed E-state index contributed by atoms with van der Waals surface area (Å²) in [5, 5.41) is 86.7. The predicted molar refractivity (Wildman–Crippen MR) is 300 cm³/mol. The van der Waals surface area contributed by atoms with E-state index in [0.717, 1.165) is 44.9 Å². The second-order valence-electron chi connectivity index (χ2n) is 22.2. The molecule has 12 atom stereocenters. The Kier molecular flexibility index (Phi) is 43.9. The Bertz CT molecular complexity index is 1350. The van der Waals surface area contributed by atoms with Gasteiger partial charge in [0, 0.05) is 6.42 Å². The molecule has 75 heavy (non-hydrogen) atoms. The van der Waals surface area contributed by atoms with Crippen LogP contribution in [0.4, 0.5) is 0 Å². The van der Waals surface area contributed by atoms with Crippen LogP contribution in [-0.2, 0) is 23.7 Å². The second kappa shape index (κ2) is 47.3. The fraction of sp³-hybridized carbons (Fsp3) is 0.918. The van der Waals surface area contributed by atoms with Crippen LogP contribution in [0.5, 0.6) is 0 Å². The van der Waals surface area contributed by atoms with Crippen molar-refractivity contribution < 1.29 is 64.6 Å². The number of nitrogens with one attached hydrogen (secondary N) is 1. The Morgan fingerprint density at radius 1 is 0.467 bits per heavy atom. The van der Waals surface area contributed by atoms with Crippen molar-refractivity contribution in [2.24, 2.45) is 0 Å². The first-order valence-corrected chi connectivity index (χ1v) is 31.1. The molecule has 2 fully saturated rings. The van der Waals surface area contributed by atoms with E-state index in [0.29, 0.717) is 12.8 Å². The van der Waals surface area contributed by atoms with Crippen molar-refractivity contribution in [2.45, 2.75) is 338 Å². The highest BCUT2D eigenvalue weighted by atomic mass is 16.7. The Morgan fingerprint density at radius 3 is 1.29 bits per heavy atom. The minimum atomic E-state index is -1.79. The Hall–Kier alpha value is -1.53. The first-order chi connectivity index (χ1) is 36.6. The van der Waals surface area contributed by atoms with Gasteiger partial charge < -0.3 is 65.1 Å². The number of aliphatic hydroxyl groups is 8. The lowest BCUT2D eigenvalue weighted by molar-refractivity contribution is -0.359. The number of hydrogen-bond donors (Lipinski definition) is 9. The summed E-state index contributed by atoms with van der Waals surface area (Å²) in [6, 6.07) is -0.925. The van der Waals surface area contributed by atoms with E-state index in [-0.39, 0.29) is 18.9 Å². The molecule has 12 unspecified atom stereocenters. The normalized spacial score (nSPS) is 25.1. The van der Waals surface area contributed by atoms with E-state index in [2.05, 4.69) is 31.3 Å². The molecule has 2 aliphatic rings. The van der Waals surface area contributed by atoms with Gasteiger partial charge in [-0.15, -0.1) is 0 Å². The number of carbonyl (C=O) groups excluding carboxylic acids is 1. The lowest BCUT2D eigenvalue weighted by atomic mass is 9.97. The van der Waals surface area contributed by atoms with E-state index in [1.54, 1.807) is 6.08 Å². The molecule has 2 heterocycles. The molecule has 9 N–H and O–H groups in total. The van der Waals surface area contributed by atoms with Crippen LogP contribution in [0.25, 0.3) is 0 Å². The van der Waals surface area contributed by atoms with Crippen LogP contribution in [0, 0.1) is 0 Å². The van der Waals surface area contributed by atoms with Crippen molar-refractivity contribution in [2.75, 3.05) is 19.8 Å². The van der Waals surface area contributed by atoms with E-state index in [1.165, 1.54) is 186 Å². The minimum Gasteiger partial charge on any atom is -0.394 e. The molecule has 2 saturated heterocycles. The Morgan fingerprint density at radius 2 is 0.853 bits per heavy atom. The summed E-state index contributed by atoms with van der Waals surface area (Å²) >= 11 is 0. The van der Waals surface area contributed by atoms with Gasteiger partial charge in [-0.05, 0) is 25.7 Å². The maximum atomic E-state index is 13.2. The van der Waals surface area contributed by atoms with E-state index in [9.17, 15) is 45.6 Å². The molecular weight excluding hydrogens is 955 g/mol. The van der Waals surface area contributed by atoms with Gasteiger partial charge in [-0.1, -0.05) is 256 Å². The molecule has 0 bridgehead atoms. The molecule has 0 saturated carbocycles. The summed E-state index contributed by atoms with van der Waals surface area (Å²) < 4.78 is 22.7. The molecule has 442 valence electrons. The van der Waals surface area contributed by atoms with Gasteiger partial charge in [-0.3, -0.25) is 4.79 Å². The topological polar surface area (TPSA) is 228 Å². The lowest BCUT2D eigenvalue weighted by Crippen LogP contribution is -2.65. The Labute approximate surface area is 456 Å². The van der Waals surface area contributed by atoms with Gasteiger partial charge in [-0.2, -0.15) is 0 Å². The molecule has 0 radical (unpaired) electrons. The maximum absolute atomic E-state index is 13.2. The van der Waals surface area contributed by atoms with Crippen molar-refractivity contribution in [3.8, 4) is 0 Å². The fourth-order valence-electron chi connectivity index (χ4n) is 10.4. The van der Waals surface area contributed by atoms with Crippen molar-refractivity contribution in [1.29, 1.82) is 0 Å². The minimum absolute atomic E-state index is 0.248. The molecule has 1 amide bonds. The number of hydrogen-bond acceptors (Lipinski definition) is 13. The highest BCUT2D eigenvalue weighted by Gasteiger charge is 2.51. The zero-order valence-electron chi connectivity index (χ0n) is 47.6. The molecule has 0 aromatic heterocycles. The number of ether oxygens (including phenoxy) is 4. The number of allylic oxidation sites excluding steroid dienone is 3. The van der Waals surface area contributed by atoms with Crippen LogP contribution in [0.3, 0.4) is 0 Å². The van der Waals surface area contributed by atoms with E-state index in [4.69, 9.17) is 18.9 Å². The lowest BCUT2D eigenvalue weighted by Gasteiger charge is -2.46. The van der Waals surface area contributed by atoms with E-state index >= 15 is 0 Å². The molecule has 0 aromatic carbocycles. The maximum Gasteiger partial charge on any atom is 0.220 e. The summed E-state index contributed by atoms with van der Waals surface area (Å²) in [6.45, 7) is 2.71. The van der Waals surface area contributed by atoms with Gasteiger partial charge in [0.2, 0.25) is 5.91 Å². The van der Waals surface area contributed by atoms with Crippen molar-refractivity contribution in [3.05, 3.63) is 24.3 Å². The second-order valence-corrected chi connectivity index (χ2v) is 22.2. The van der Waals surface area contributed by atoms with Gasteiger partial charge in [0.05, 0.1) is 32.0 Å². The number of carbonyl (C=O) groups is 1. The van der Waals surface area contributed by atoms with E-state index < -0.39 is 86.8 Å². The fourth-order valence-corrected chi connectivity index (χ4v) is 10.4. The molecule has 0 spiro atoms. The molecular formula is C61H115NO13. The molecule has 0 aliphatic carbocycles. The molecule has 14 heteroatoms. The third kappa shape index (κ3) is 33.0. The van der Waals surface area contributed by atoms with E-state index in [1.807, 2.05) is 6.08 Å². The average molecular weight is 1070 g/mol. The number of rotatable bonds is 50. The van der Waals surface area contributed by atoms with Crippen LogP contribution < -0.4 is 5.32 Å². The van der Waals surface area contributed by atoms with Crippen LogP contribution in [0.2, 0.25) is 0 Å². The average Bonchev–Trinajstić information content (AvgIpc) is 3.41.